The van der Waals surface area contributed by atoms with Gasteiger partial charge >= 0.3 is 5.97 Å². The Morgan fingerprint density at radius 2 is 2.07 bits per heavy atom. The van der Waals surface area contributed by atoms with Crippen LogP contribution >= 0.6 is 0 Å². The number of hydrogen-bond donors (Lipinski definition) is 1. The molecule has 14 heavy (non-hydrogen) atoms. The number of esters is 1. The molecule has 0 fully saturated rings. The average Bonchev–Trinajstić information content (AvgIpc) is 2.19. The van der Waals surface area contributed by atoms with Crippen LogP contribution in [-0.2, 0) is 4.74 Å². The zero-order valence-corrected chi connectivity index (χ0v) is 7.93. The zero-order valence-electron chi connectivity index (χ0n) is 7.93. The van der Waals surface area contributed by atoms with Gasteiger partial charge in [-0.05, 0) is 31.2 Å². The molecule has 0 aliphatic carbocycles. The van der Waals surface area contributed by atoms with Gasteiger partial charge in [-0.25, -0.2) is 4.79 Å². The number of phenolic OH excluding ortho intramolecular Hbond substituents is 1. The van der Waals surface area contributed by atoms with Gasteiger partial charge in [0.05, 0.1) is 5.56 Å². The number of aromatic hydroxyl groups is 1. The standard InChI is InChI=1S/C11H12O3/c1-2-3-8-14-11(13)9-4-6-10(12)7-5-9/h2-7,12H,8H2,1H3/b3-2+. The van der Waals surface area contributed by atoms with E-state index in [2.05, 4.69) is 0 Å². The van der Waals surface area contributed by atoms with E-state index in [1.54, 1.807) is 6.08 Å². The maximum atomic E-state index is 11.3. The number of hydrogen-bond acceptors (Lipinski definition) is 3. The van der Waals surface area contributed by atoms with Crippen molar-refractivity contribution in [2.45, 2.75) is 6.92 Å². The van der Waals surface area contributed by atoms with Crippen LogP contribution in [0, 0.1) is 0 Å². The molecule has 74 valence electrons. The summed E-state index contributed by atoms with van der Waals surface area (Å²) in [6, 6.07) is 5.94. The Labute approximate surface area is 82.6 Å². The molecule has 0 spiro atoms. The van der Waals surface area contributed by atoms with Crippen molar-refractivity contribution in [2.75, 3.05) is 6.61 Å². The molecule has 1 aromatic rings. The van der Waals surface area contributed by atoms with Crippen molar-refractivity contribution in [3.05, 3.63) is 42.0 Å². The number of carbonyl (C=O) groups excluding carboxylic acids is 1. The van der Waals surface area contributed by atoms with Crippen molar-refractivity contribution < 1.29 is 14.6 Å². The van der Waals surface area contributed by atoms with Gasteiger partial charge in [0.25, 0.3) is 0 Å². The minimum absolute atomic E-state index is 0.134. The molecule has 1 N–H and O–H groups in total. The third kappa shape index (κ3) is 2.94. The van der Waals surface area contributed by atoms with Crippen LogP contribution in [0.3, 0.4) is 0 Å². The predicted molar refractivity (Wildman–Crippen MR) is 53.2 cm³/mol. The van der Waals surface area contributed by atoms with Crippen molar-refractivity contribution in [1.29, 1.82) is 0 Å². The Hall–Kier alpha value is -1.77. The Morgan fingerprint density at radius 1 is 1.43 bits per heavy atom. The van der Waals surface area contributed by atoms with Crippen LogP contribution in [0.15, 0.2) is 36.4 Å². The number of allylic oxidation sites excluding steroid dienone is 1. The van der Waals surface area contributed by atoms with Crippen molar-refractivity contribution in [3.8, 4) is 5.75 Å². The van der Waals surface area contributed by atoms with Gasteiger partial charge in [0, 0.05) is 0 Å². The SMILES string of the molecule is C/C=C/COC(=O)c1ccc(O)cc1. The van der Waals surface area contributed by atoms with Gasteiger partial charge in [-0.1, -0.05) is 12.2 Å². The van der Waals surface area contributed by atoms with E-state index in [9.17, 15) is 4.79 Å². The Kier molecular flexibility index (Phi) is 3.73. The van der Waals surface area contributed by atoms with Gasteiger partial charge < -0.3 is 9.84 Å². The molecule has 1 aromatic carbocycles. The lowest BCUT2D eigenvalue weighted by molar-refractivity contribution is 0.0549. The van der Waals surface area contributed by atoms with Gasteiger partial charge in [0.15, 0.2) is 0 Å². The van der Waals surface area contributed by atoms with Gasteiger partial charge in [-0.15, -0.1) is 0 Å². The molecular weight excluding hydrogens is 180 g/mol. The van der Waals surface area contributed by atoms with Crippen molar-refractivity contribution in [2.24, 2.45) is 0 Å². The second-order valence-electron chi connectivity index (χ2n) is 2.71. The summed E-state index contributed by atoms with van der Waals surface area (Å²) in [4.78, 5) is 11.3. The molecule has 0 saturated carbocycles. The first-order valence-electron chi connectivity index (χ1n) is 4.31. The number of rotatable bonds is 3. The molecule has 0 unspecified atom stereocenters. The van der Waals surface area contributed by atoms with E-state index in [4.69, 9.17) is 9.84 Å². The van der Waals surface area contributed by atoms with Crippen LogP contribution < -0.4 is 0 Å². The normalized spacial score (nSPS) is 10.4. The van der Waals surface area contributed by atoms with Gasteiger partial charge in [-0.2, -0.15) is 0 Å². The first-order chi connectivity index (χ1) is 6.74. The number of carbonyl (C=O) groups is 1. The highest BCUT2D eigenvalue weighted by Gasteiger charge is 2.04. The summed E-state index contributed by atoms with van der Waals surface area (Å²) >= 11 is 0. The van der Waals surface area contributed by atoms with E-state index in [-0.39, 0.29) is 18.3 Å². The summed E-state index contributed by atoms with van der Waals surface area (Å²) in [5.74, 6) is -0.252. The molecule has 0 heterocycles. The third-order valence-electron chi connectivity index (χ3n) is 1.65. The summed E-state index contributed by atoms with van der Waals surface area (Å²) in [6.45, 7) is 2.13. The second kappa shape index (κ2) is 5.07. The zero-order chi connectivity index (χ0) is 10.4. The molecule has 0 radical (unpaired) electrons. The number of phenols is 1. The van der Waals surface area contributed by atoms with E-state index in [1.165, 1.54) is 24.3 Å². The fourth-order valence-electron chi connectivity index (χ4n) is 0.901. The summed E-state index contributed by atoms with van der Waals surface area (Å²) in [7, 11) is 0. The summed E-state index contributed by atoms with van der Waals surface area (Å²) in [6.07, 6.45) is 3.56. The van der Waals surface area contributed by atoms with E-state index < -0.39 is 0 Å². The van der Waals surface area contributed by atoms with Crippen molar-refractivity contribution in [1.82, 2.24) is 0 Å². The van der Waals surface area contributed by atoms with Crippen LogP contribution in [0.25, 0.3) is 0 Å². The minimum atomic E-state index is -0.386. The molecular formula is C11H12O3. The predicted octanol–water partition coefficient (Wildman–Crippen LogP) is 2.13. The highest BCUT2D eigenvalue weighted by Crippen LogP contribution is 2.10. The van der Waals surface area contributed by atoms with Crippen molar-refractivity contribution in [3.63, 3.8) is 0 Å². The molecule has 0 saturated heterocycles. The van der Waals surface area contributed by atoms with Crippen LogP contribution in [0.5, 0.6) is 5.75 Å². The van der Waals surface area contributed by atoms with Gasteiger partial charge in [0.2, 0.25) is 0 Å². The van der Waals surface area contributed by atoms with Crippen LogP contribution in [0.2, 0.25) is 0 Å². The van der Waals surface area contributed by atoms with E-state index in [0.717, 1.165) is 0 Å². The molecule has 0 aromatic heterocycles. The van der Waals surface area contributed by atoms with Crippen LogP contribution in [0.4, 0.5) is 0 Å². The Bertz CT molecular complexity index is 325. The van der Waals surface area contributed by atoms with Gasteiger partial charge in [-0.3, -0.25) is 0 Å². The van der Waals surface area contributed by atoms with E-state index in [1.807, 2.05) is 13.0 Å². The molecule has 0 aliphatic rings. The van der Waals surface area contributed by atoms with Crippen molar-refractivity contribution >= 4 is 5.97 Å². The lowest BCUT2D eigenvalue weighted by Gasteiger charge is -2.01. The van der Waals surface area contributed by atoms with Crippen LogP contribution in [0.1, 0.15) is 17.3 Å². The number of benzene rings is 1. The lowest BCUT2D eigenvalue weighted by Crippen LogP contribution is -2.04. The molecule has 0 amide bonds. The summed E-state index contributed by atoms with van der Waals surface area (Å²) in [5, 5.41) is 8.99. The molecule has 0 aliphatic heterocycles. The largest absolute Gasteiger partial charge is 0.508 e. The molecule has 3 heteroatoms. The quantitative estimate of drug-likeness (QED) is 0.589. The maximum absolute atomic E-state index is 11.3. The first kappa shape index (κ1) is 10.3. The lowest BCUT2D eigenvalue weighted by atomic mass is 10.2. The molecule has 3 nitrogen and oxygen atoms in total. The fraction of sp³-hybridized carbons (Fsp3) is 0.182. The maximum Gasteiger partial charge on any atom is 0.338 e. The van der Waals surface area contributed by atoms with Crippen LogP contribution in [-0.4, -0.2) is 17.7 Å². The van der Waals surface area contributed by atoms with E-state index >= 15 is 0 Å². The summed E-state index contributed by atoms with van der Waals surface area (Å²) < 4.78 is 4.90. The van der Waals surface area contributed by atoms with Gasteiger partial charge in [0.1, 0.15) is 12.4 Å². The summed E-state index contributed by atoms with van der Waals surface area (Å²) in [5.41, 5.74) is 0.437. The number of ether oxygens (including phenoxy) is 1. The highest BCUT2D eigenvalue weighted by molar-refractivity contribution is 5.89. The smallest absolute Gasteiger partial charge is 0.338 e. The molecule has 0 bridgehead atoms. The monoisotopic (exact) mass is 192 g/mol. The first-order valence-corrected chi connectivity index (χ1v) is 4.31. The second-order valence-corrected chi connectivity index (χ2v) is 2.71. The topological polar surface area (TPSA) is 46.5 Å². The highest BCUT2D eigenvalue weighted by atomic mass is 16.5. The molecule has 1 rings (SSSR count). The molecule has 0 atom stereocenters. The van der Waals surface area contributed by atoms with E-state index in [0.29, 0.717) is 5.56 Å². The minimum Gasteiger partial charge on any atom is -0.508 e. The Balaban J connectivity index is 2.56. The third-order valence-corrected chi connectivity index (χ3v) is 1.65. The average molecular weight is 192 g/mol. The Morgan fingerprint density at radius 3 is 2.64 bits per heavy atom. The fourth-order valence-corrected chi connectivity index (χ4v) is 0.901.